The summed E-state index contributed by atoms with van der Waals surface area (Å²) in [6.07, 6.45) is 0.549. The molecule has 1 aromatic heterocycles. The first kappa shape index (κ1) is 21.3. The van der Waals surface area contributed by atoms with Gasteiger partial charge in [-0.1, -0.05) is 17.7 Å². The first-order valence-corrected chi connectivity index (χ1v) is 11.5. The van der Waals surface area contributed by atoms with Crippen LogP contribution in [0.2, 0.25) is 0 Å². The summed E-state index contributed by atoms with van der Waals surface area (Å²) in [7, 11) is -3.03. The van der Waals surface area contributed by atoms with Gasteiger partial charge in [-0.25, -0.2) is 13.2 Å². The minimum atomic E-state index is -3.03. The number of aryl methyl sites for hydroxylation is 4. The highest BCUT2D eigenvalue weighted by Crippen LogP contribution is 2.29. The molecule has 1 aliphatic heterocycles. The zero-order valence-corrected chi connectivity index (χ0v) is 18.4. The Morgan fingerprint density at radius 1 is 1.07 bits per heavy atom. The van der Waals surface area contributed by atoms with Crippen molar-refractivity contribution in [3.05, 3.63) is 57.4 Å². The second kappa shape index (κ2) is 7.78. The van der Waals surface area contributed by atoms with Gasteiger partial charge in [-0.15, -0.1) is 0 Å². The van der Waals surface area contributed by atoms with Crippen LogP contribution in [0.5, 0.6) is 0 Å². The van der Waals surface area contributed by atoms with Crippen LogP contribution in [0.15, 0.2) is 18.2 Å². The van der Waals surface area contributed by atoms with Crippen molar-refractivity contribution in [2.45, 2.75) is 47.1 Å². The SMILES string of the molecule is Cc1cc(C)c(C(=O)OCC(=O)c2cc(C)n([C@@H]3CCS(=O)(=O)C3)c2C)c(C)c1. The largest absolute Gasteiger partial charge is 0.454 e. The molecule has 3 rings (SSSR count). The Morgan fingerprint density at radius 3 is 2.24 bits per heavy atom. The molecule has 1 aliphatic rings. The first-order valence-electron chi connectivity index (χ1n) is 9.67. The summed E-state index contributed by atoms with van der Waals surface area (Å²) in [5, 5.41) is 0. The quantitative estimate of drug-likeness (QED) is 0.550. The topological polar surface area (TPSA) is 82.4 Å². The predicted molar refractivity (Wildman–Crippen MR) is 111 cm³/mol. The van der Waals surface area contributed by atoms with Crippen molar-refractivity contribution in [3.8, 4) is 0 Å². The fraction of sp³-hybridized carbons (Fsp3) is 0.455. The molecule has 0 radical (unpaired) electrons. The summed E-state index contributed by atoms with van der Waals surface area (Å²) in [5.41, 5.74) is 5.22. The average molecular weight is 418 g/mol. The van der Waals surface area contributed by atoms with Gasteiger partial charge in [0.1, 0.15) is 0 Å². The number of rotatable bonds is 5. The van der Waals surface area contributed by atoms with Crippen LogP contribution in [0.4, 0.5) is 0 Å². The number of carbonyl (C=O) groups excluding carboxylic acids is 2. The van der Waals surface area contributed by atoms with Gasteiger partial charge in [0.05, 0.1) is 17.1 Å². The van der Waals surface area contributed by atoms with Crippen LogP contribution in [0, 0.1) is 34.6 Å². The van der Waals surface area contributed by atoms with Gasteiger partial charge in [-0.05, 0) is 58.2 Å². The number of nitrogens with zero attached hydrogens (tertiary/aromatic N) is 1. The van der Waals surface area contributed by atoms with Crippen molar-refractivity contribution in [2.75, 3.05) is 18.1 Å². The number of hydrogen-bond acceptors (Lipinski definition) is 5. The van der Waals surface area contributed by atoms with E-state index in [4.69, 9.17) is 4.74 Å². The summed E-state index contributed by atoms with van der Waals surface area (Å²) in [6.45, 7) is 8.98. The lowest BCUT2D eigenvalue weighted by atomic mass is 10.00. The molecule has 0 spiro atoms. The highest BCUT2D eigenvalue weighted by molar-refractivity contribution is 7.91. The normalized spacial score (nSPS) is 18.0. The van der Waals surface area contributed by atoms with Crippen molar-refractivity contribution in [2.24, 2.45) is 0 Å². The van der Waals surface area contributed by atoms with Crippen molar-refractivity contribution >= 4 is 21.6 Å². The van der Waals surface area contributed by atoms with Crippen LogP contribution in [0.1, 0.15) is 61.3 Å². The second-order valence-electron chi connectivity index (χ2n) is 7.98. The van der Waals surface area contributed by atoms with Gasteiger partial charge in [0.25, 0.3) is 0 Å². The van der Waals surface area contributed by atoms with Gasteiger partial charge in [-0.3, -0.25) is 4.79 Å². The monoisotopic (exact) mass is 417 g/mol. The van der Waals surface area contributed by atoms with E-state index < -0.39 is 15.8 Å². The molecule has 1 saturated heterocycles. The second-order valence-corrected chi connectivity index (χ2v) is 10.2. The molecular formula is C22H27NO5S. The Morgan fingerprint density at radius 2 is 1.69 bits per heavy atom. The third-order valence-electron chi connectivity index (χ3n) is 5.57. The molecule has 7 heteroatoms. The molecule has 0 aliphatic carbocycles. The van der Waals surface area contributed by atoms with Crippen LogP contribution >= 0.6 is 0 Å². The van der Waals surface area contributed by atoms with E-state index in [0.717, 1.165) is 22.4 Å². The standard InChI is InChI=1S/C22H27NO5S/c1-13-8-14(2)21(15(3)9-13)22(25)28-11-20(24)19-10-16(4)23(17(19)5)18-6-7-29(26,27)12-18/h8-10,18H,6-7,11-12H2,1-5H3/t18-/m1/s1. The smallest absolute Gasteiger partial charge is 0.339 e. The molecule has 0 N–H and O–H groups in total. The van der Waals surface area contributed by atoms with Crippen molar-refractivity contribution < 1.29 is 22.7 Å². The zero-order valence-electron chi connectivity index (χ0n) is 17.5. The van der Waals surface area contributed by atoms with E-state index in [-0.39, 0.29) is 29.9 Å². The fourth-order valence-corrected chi connectivity index (χ4v) is 6.08. The number of ketones is 1. The lowest BCUT2D eigenvalue weighted by Gasteiger charge is -2.16. The summed E-state index contributed by atoms with van der Waals surface area (Å²) < 4.78 is 30.9. The maximum absolute atomic E-state index is 12.7. The molecule has 0 amide bonds. The Labute approximate surface area is 171 Å². The highest BCUT2D eigenvalue weighted by atomic mass is 32.2. The summed E-state index contributed by atoms with van der Waals surface area (Å²) in [5.74, 6) is -0.534. The molecule has 2 heterocycles. The summed E-state index contributed by atoms with van der Waals surface area (Å²) in [4.78, 5) is 25.2. The molecule has 1 aromatic carbocycles. The van der Waals surface area contributed by atoms with E-state index in [1.54, 1.807) is 13.0 Å². The lowest BCUT2D eigenvalue weighted by molar-refractivity contribution is 0.0473. The van der Waals surface area contributed by atoms with E-state index in [1.165, 1.54) is 0 Å². The van der Waals surface area contributed by atoms with Crippen LogP contribution in [0.25, 0.3) is 0 Å². The van der Waals surface area contributed by atoms with Gasteiger partial charge in [0.15, 0.2) is 16.4 Å². The molecular weight excluding hydrogens is 390 g/mol. The first-order chi connectivity index (χ1) is 13.5. The molecule has 0 bridgehead atoms. The third-order valence-corrected chi connectivity index (χ3v) is 7.32. The minimum Gasteiger partial charge on any atom is -0.454 e. The molecule has 0 unspecified atom stereocenters. The molecule has 29 heavy (non-hydrogen) atoms. The highest BCUT2D eigenvalue weighted by Gasteiger charge is 2.31. The van der Waals surface area contributed by atoms with E-state index in [9.17, 15) is 18.0 Å². The van der Waals surface area contributed by atoms with E-state index in [1.807, 2.05) is 44.4 Å². The number of esters is 1. The van der Waals surface area contributed by atoms with Crippen LogP contribution in [-0.4, -0.2) is 42.9 Å². The summed E-state index contributed by atoms with van der Waals surface area (Å²) >= 11 is 0. The molecule has 0 saturated carbocycles. The van der Waals surface area contributed by atoms with E-state index in [2.05, 4.69) is 0 Å². The number of ether oxygens (including phenoxy) is 1. The minimum absolute atomic E-state index is 0.0952. The number of Topliss-reactive ketones (excluding diaryl/α,β-unsaturated/α-hetero) is 1. The summed E-state index contributed by atoms with van der Waals surface area (Å²) in [6, 6.07) is 5.42. The molecule has 2 aromatic rings. The van der Waals surface area contributed by atoms with Gasteiger partial charge < -0.3 is 9.30 Å². The van der Waals surface area contributed by atoms with E-state index in [0.29, 0.717) is 23.2 Å². The van der Waals surface area contributed by atoms with Crippen molar-refractivity contribution in [1.82, 2.24) is 4.57 Å². The predicted octanol–water partition coefficient (Wildman–Crippen LogP) is 3.43. The Balaban J connectivity index is 1.75. The van der Waals surface area contributed by atoms with Crippen LogP contribution in [0.3, 0.4) is 0 Å². The maximum Gasteiger partial charge on any atom is 0.339 e. The maximum atomic E-state index is 12.7. The number of carbonyl (C=O) groups is 2. The number of sulfone groups is 1. The van der Waals surface area contributed by atoms with E-state index >= 15 is 0 Å². The van der Waals surface area contributed by atoms with Gasteiger partial charge >= 0.3 is 5.97 Å². The Hall–Kier alpha value is -2.41. The molecule has 6 nitrogen and oxygen atoms in total. The third kappa shape index (κ3) is 4.29. The molecule has 156 valence electrons. The lowest BCUT2D eigenvalue weighted by Crippen LogP contribution is -2.18. The van der Waals surface area contributed by atoms with Crippen molar-refractivity contribution in [1.29, 1.82) is 0 Å². The van der Waals surface area contributed by atoms with Gasteiger partial charge in [0.2, 0.25) is 5.78 Å². The average Bonchev–Trinajstić information content (AvgIpc) is 3.10. The Bertz CT molecular complexity index is 1070. The number of hydrogen-bond donors (Lipinski definition) is 0. The van der Waals surface area contributed by atoms with Gasteiger partial charge in [0, 0.05) is 23.0 Å². The number of aromatic nitrogens is 1. The fourth-order valence-electron chi connectivity index (χ4n) is 4.38. The zero-order chi connectivity index (χ0) is 21.5. The van der Waals surface area contributed by atoms with Crippen molar-refractivity contribution in [3.63, 3.8) is 0 Å². The van der Waals surface area contributed by atoms with Crippen LogP contribution < -0.4 is 0 Å². The molecule has 1 fully saturated rings. The molecule has 1 atom stereocenters. The van der Waals surface area contributed by atoms with Crippen LogP contribution in [-0.2, 0) is 14.6 Å². The van der Waals surface area contributed by atoms with Gasteiger partial charge in [-0.2, -0.15) is 0 Å². The number of benzene rings is 1. The Kier molecular flexibility index (Phi) is 5.72.